The quantitative estimate of drug-likeness (QED) is 0.658. The van der Waals surface area contributed by atoms with Crippen LogP contribution in [0.5, 0.6) is 0 Å². The van der Waals surface area contributed by atoms with Gasteiger partial charge in [0.25, 0.3) is 0 Å². The smallest absolute Gasteiger partial charge is 0.249 e. The van der Waals surface area contributed by atoms with Crippen LogP contribution in [0.3, 0.4) is 0 Å². The number of nitrogens with one attached hydrogen (secondary N) is 2. The predicted octanol–water partition coefficient (Wildman–Crippen LogP) is 3.61. The third kappa shape index (κ3) is 5.03. The minimum absolute atomic E-state index is 0.0482. The first-order valence-corrected chi connectivity index (χ1v) is 9.13. The summed E-state index contributed by atoms with van der Waals surface area (Å²) in [6.07, 6.45) is 3.29. The molecule has 0 spiro atoms. The molecule has 1 aromatic heterocycles. The van der Waals surface area contributed by atoms with Crippen LogP contribution in [0.25, 0.3) is 0 Å². The van der Waals surface area contributed by atoms with Crippen LogP contribution in [0, 0.1) is 0 Å². The summed E-state index contributed by atoms with van der Waals surface area (Å²) in [5.41, 5.74) is 2.47. The highest BCUT2D eigenvalue weighted by atomic mass is 16.2. The number of carbonyl (C=O) groups excluding carboxylic acids is 2. The fourth-order valence-corrected chi connectivity index (χ4v) is 2.81. The maximum absolute atomic E-state index is 12.3. The Bertz CT molecular complexity index is 908. The number of hydrogen-bond acceptors (Lipinski definition) is 4. The van der Waals surface area contributed by atoms with Gasteiger partial charge in [0.1, 0.15) is 18.7 Å². The first kappa shape index (κ1) is 19.3. The molecule has 0 saturated heterocycles. The maximum Gasteiger partial charge on any atom is 0.249 e. The molecule has 0 aliphatic rings. The summed E-state index contributed by atoms with van der Waals surface area (Å²) in [6.45, 7) is 3.77. The van der Waals surface area contributed by atoms with Gasteiger partial charge in [0.2, 0.25) is 11.8 Å². The van der Waals surface area contributed by atoms with Gasteiger partial charge in [-0.1, -0.05) is 37.3 Å². The van der Waals surface area contributed by atoms with Crippen LogP contribution in [0.1, 0.15) is 37.8 Å². The van der Waals surface area contributed by atoms with Crippen LogP contribution < -0.4 is 10.6 Å². The van der Waals surface area contributed by atoms with Gasteiger partial charge in [0.15, 0.2) is 0 Å². The Hall–Kier alpha value is -3.48. The average Bonchev–Trinajstić information content (AvgIpc) is 3.24. The molecule has 3 aromatic rings. The van der Waals surface area contributed by atoms with E-state index in [4.69, 9.17) is 0 Å². The van der Waals surface area contributed by atoms with Gasteiger partial charge in [-0.05, 0) is 42.7 Å². The molecule has 2 aromatic carbocycles. The average molecular weight is 377 g/mol. The summed E-state index contributed by atoms with van der Waals surface area (Å²) in [7, 11) is 0. The van der Waals surface area contributed by atoms with E-state index in [0.717, 1.165) is 5.56 Å². The molecule has 28 heavy (non-hydrogen) atoms. The fraction of sp³-hybridized carbons (Fsp3) is 0.238. The Morgan fingerprint density at radius 1 is 0.964 bits per heavy atom. The highest BCUT2D eigenvalue weighted by Gasteiger charge is 2.15. The maximum atomic E-state index is 12.3. The van der Waals surface area contributed by atoms with E-state index in [1.807, 2.05) is 37.3 Å². The molecular weight excluding hydrogens is 354 g/mol. The Labute approximate surface area is 163 Å². The van der Waals surface area contributed by atoms with Gasteiger partial charge < -0.3 is 10.6 Å². The molecule has 3 rings (SSSR count). The zero-order valence-corrected chi connectivity index (χ0v) is 15.9. The van der Waals surface area contributed by atoms with Crippen molar-refractivity contribution in [1.29, 1.82) is 0 Å². The molecule has 2 atom stereocenters. The number of carbonyl (C=O) groups is 2. The van der Waals surface area contributed by atoms with E-state index in [9.17, 15) is 9.59 Å². The van der Waals surface area contributed by atoms with E-state index >= 15 is 0 Å². The zero-order chi connectivity index (χ0) is 19.9. The van der Waals surface area contributed by atoms with Crippen molar-refractivity contribution in [2.75, 3.05) is 10.6 Å². The van der Waals surface area contributed by atoms with Crippen molar-refractivity contribution in [3.63, 3.8) is 0 Å². The second-order valence-corrected chi connectivity index (χ2v) is 6.68. The summed E-state index contributed by atoms with van der Waals surface area (Å²) < 4.78 is 1.48. The van der Waals surface area contributed by atoms with Crippen LogP contribution in [0.15, 0.2) is 67.3 Å². The van der Waals surface area contributed by atoms with Gasteiger partial charge >= 0.3 is 0 Å². The van der Waals surface area contributed by atoms with Crippen molar-refractivity contribution in [3.05, 3.63) is 72.8 Å². The Morgan fingerprint density at radius 2 is 1.61 bits per heavy atom. The lowest BCUT2D eigenvalue weighted by atomic mass is 9.97. The third-order valence-corrected chi connectivity index (χ3v) is 4.51. The van der Waals surface area contributed by atoms with E-state index in [-0.39, 0.29) is 17.7 Å². The van der Waals surface area contributed by atoms with E-state index in [1.54, 1.807) is 31.2 Å². The van der Waals surface area contributed by atoms with Crippen LogP contribution in [0.4, 0.5) is 11.4 Å². The van der Waals surface area contributed by atoms with Crippen molar-refractivity contribution in [2.24, 2.45) is 0 Å². The second-order valence-electron chi connectivity index (χ2n) is 6.68. The van der Waals surface area contributed by atoms with Gasteiger partial charge in [-0.25, -0.2) is 9.67 Å². The lowest BCUT2D eigenvalue weighted by Gasteiger charge is -2.13. The molecule has 144 valence electrons. The molecule has 0 radical (unpaired) electrons. The van der Waals surface area contributed by atoms with E-state index in [0.29, 0.717) is 17.8 Å². The highest BCUT2D eigenvalue weighted by Crippen LogP contribution is 2.20. The molecule has 0 unspecified atom stereocenters. The van der Waals surface area contributed by atoms with Gasteiger partial charge in [-0.3, -0.25) is 9.59 Å². The van der Waals surface area contributed by atoms with Crippen molar-refractivity contribution in [3.8, 4) is 0 Å². The minimum Gasteiger partial charge on any atom is -0.326 e. The third-order valence-electron chi connectivity index (χ3n) is 4.51. The molecule has 0 aliphatic heterocycles. The van der Waals surface area contributed by atoms with Gasteiger partial charge in [-0.15, -0.1) is 0 Å². The van der Waals surface area contributed by atoms with Crippen molar-refractivity contribution in [2.45, 2.75) is 32.2 Å². The fourth-order valence-electron chi connectivity index (χ4n) is 2.81. The minimum atomic E-state index is -0.471. The zero-order valence-electron chi connectivity index (χ0n) is 15.9. The van der Waals surface area contributed by atoms with Crippen LogP contribution >= 0.6 is 0 Å². The first-order chi connectivity index (χ1) is 13.5. The summed E-state index contributed by atoms with van der Waals surface area (Å²) in [5.74, 6) is -0.107. The number of benzene rings is 2. The Kier molecular flexibility index (Phi) is 6.16. The summed E-state index contributed by atoms with van der Waals surface area (Å²) in [6, 6.07) is 16.5. The molecule has 2 N–H and O–H groups in total. The first-order valence-electron chi connectivity index (χ1n) is 9.13. The second kappa shape index (κ2) is 8.94. The molecule has 2 amide bonds. The molecule has 1 heterocycles. The monoisotopic (exact) mass is 377 g/mol. The topological polar surface area (TPSA) is 88.9 Å². The number of rotatable bonds is 7. The summed E-state index contributed by atoms with van der Waals surface area (Å²) in [4.78, 5) is 28.4. The highest BCUT2D eigenvalue weighted by molar-refractivity contribution is 5.94. The number of nitrogens with zero attached hydrogens (tertiary/aromatic N) is 3. The molecule has 7 heteroatoms. The number of amides is 2. The lowest BCUT2D eigenvalue weighted by molar-refractivity contribution is -0.119. The molecule has 7 nitrogen and oxygen atoms in total. The number of hydrogen-bond donors (Lipinski definition) is 2. The van der Waals surface area contributed by atoms with E-state index in [1.165, 1.54) is 17.3 Å². The van der Waals surface area contributed by atoms with E-state index in [2.05, 4.69) is 20.7 Å². The standard InChI is InChI=1S/C21H23N5O2/c1-15(17-6-4-3-5-7-17)12-20(27)24-18-8-10-19(11-9-18)25-21(28)16(2)26-14-22-13-23-26/h3-11,13-16H,12H2,1-2H3,(H,24,27)(H,25,28)/t15-,16-/m1/s1. The van der Waals surface area contributed by atoms with Crippen molar-refractivity contribution < 1.29 is 9.59 Å². The lowest BCUT2D eigenvalue weighted by Crippen LogP contribution is -2.24. The van der Waals surface area contributed by atoms with Crippen LogP contribution in [-0.2, 0) is 9.59 Å². The molecular formula is C21H23N5O2. The van der Waals surface area contributed by atoms with Crippen LogP contribution in [-0.4, -0.2) is 26.6 Å². The predicted molar refractivity (Wildman–Crippen MR) is 108 cm³/mol. The molecule has 0 aliphatic carbocycles. The van der Waals surface area contributed by atoms with Gasteiger partial charge in [-0.2, -0.15) is 5.10 Å². The number of anilines is 2. The summed E-state index contributed by atoms with van der Waals surface area (Å²) in [5, 5.41) is 9.69. The number of aromatic nitrogens is 3. The molecule has 0 bridgehead atoms. The molecule has 0 saturated carbocycles. The SMILES string of the molecule is C[C@H](CC(=O)Nc1ccc(NC(=O)[C@@H](C)n2cncn2)cc1)c1ccccc1. The van der Waals surface area contributed by atoms with E-state index < -0.39 is 6.04 Å². The Morgan fingerprint density at radius 3 is 2.21 bits per heavy atom. The van der Waals surface area contributed by atoms with Crippen LogP contribution in [0.2, 0.25) is 0 Å². The largest absolute Gasteiger partial charge is 0.326 e. The van der Waals surface area contributed by atoms with Crippen molar-refractivity contribution in [1.82, 2.24) is 14.8 Å². The van der Waals surface area contributed by atoms with Crippen molar-refractivity contribution >= 4 is 23.2 Å². The van der Waals surface area contributed by atoms with Gasteiger partial charge in [0, 0.05) is 17.8 Å². The normalized spacial score (nSPS) is 12.8. The van der Waals surface area contributed by atoms with Gasteiger partial charge in [0.05, 0.1) is 0 Å². The Balaban J connectivity index is 1.52. The molecule has 0 fully saturated rings. The summed E-state index contributed by atoms with van der Waals surface area (Å²) >= 11 is 0.